The van der Waals surface area contributed by atoms with E-state index in [1.54, 1.807) is 23.7 Å². The van der Waals surface area contributed by atoms with E-state index in [-0.39, 0.29) is 11.3 Å². The van der Waals surface area contributed by atoms with Crippen LogP contribution in [0.5, 0.6) is 0 Å². The summed E-state index contributed by atoms with van der Waals surface area (Å²) < 4.78 is 0. The first-order valence-corrected chi connectivity index (χ1v) is 10.6. The molecule has 0 aliphatic carbocycles. The Balaban J connectivity index is 1.43. The van der Waals surface area contributed by atoms with Crippen molar-refractivity contribution in [3.8, 4) is 0 Å². The molecule has 2 aliphatic rings. The van der Waals surface area contributed by atoms with E-state index in [0.29, 0.717) is 13.0 Å². The maximum atomic E-state index is 12.5. The van der Waals surface area contributed by atoms with Crippen LogP contribution < -0.4 is 0 Å². The van der Waals surface area contributed by atoms with Crippen LogP contribution in [0.4, 0.5) is 0 Å². The van der Waals surface area contributed by atoms with Crippen molar-refractivity contribution in [2.24, 2.45) is 5.41 Å². The standard InChI is InChI=1S/C20H27N5OS/c1-15-8-22-17(9-21-15)11-25-14-20(6-4-19(25)26)5-3-7-24(13-20)10-18-12-27-16(2)23-18/h8-9,12H,3-7,10-11,13-14H2,1-2H3/t20-/m0/s1. The summed E-state index contributed by atoms with van der Waals surface area (Å²) >= 11 is 1.72. The van der Waals surface area contributed by atoms with E-state index >= 15 is 0 Å². The van der Waals surface area contributed by atoms with Crippen LogP contribution in [0.3, 0.4) is 0 Å². The molecular formula is C20H27N5OS. The Morgan fingerprint density at radius 1 is 1.11 bits per heavy atom. The summed E-state index contributed by atoms with van der Waals surface area (Å²) in [5.41, 5.74) is 3.15. The molecule has 4 heterocycles. The molecular weight excluding hydrogens is 358 g/mol. The average molecular weight is 386 g/mol. The van der Waals surface area contributed by atoms with Crippen LogP contribution >= 0.6 is 11.3 Å². The second-order valence-corrected chi connectivity index (χ2v) is 9.13. The van der Waals surface area contributed by atoms with E-state index < -0.39 is 0 Å². The second kappa shape index (κ2) is 7.64. The molecule has 6 nitrogen and oxygen atoms in total. The quantitative estimate of drug-likeness (QED) is 0.810. The molecule has 2 aliphatic heterocycles. The number of thiazole rings is 1. The summed E-state index contributed by atoms with van der Waals surface area (Å²) in [6, 6.07) is 0. The summed E-state index contributed by atoms with van der Waals surface area (Å²) in [7, 11) is 0. The molecule has 144 valence electrons. The highest BCUT2D eigenvalue weighted by atomic mass is 32.1. The highest BCUT2D eigenvalue weighted by Gasteiger charge is 2.41. The number of likely N-dealkylation sites (tertiary alicyclic amines) is 2. The molecule has 0 aromatic carbocycles. The van der Waals surface area contributed by atoms with Crippen LogP contribution in [0, 0.1) is 19.3 Å². The fraction of sp³-hybridized carbons (Fsp3) is 0.600. The molecule has 2 saturated heterocycles. The van der Waals surface area contributed by atoms with Gasteiger partial charge in [-0.2, -0.15) is 0 Å². The highest BCUT2D eigenvalue weighted by molar-refractivity contribution is 7.09. The normalized spacial score (nSPS) is 23.9. The Labute approximate surface area is 164 Å². The third-order valence-corrected chi connectivity index (χ3v) is 6.55. The largest absolute Gasteiger partial charge is 0.336 e. The minimum absolute atomic E-state index is 0.204. The predicted octanol–water partition coefficient (Wildman–Crippen LogP) is 2.95. The smallest absolute Gasteiger partial charge is 0.222 e. The van der Waals surface area contributed by atoms with Gasteiger partial charge in [-0.1, -0.05) is 0 Å². The van der Waals surface area contributed by atoms with Gasteiger partial charge in [0, 0.05) is 43.0 Å². The van der Waals surface area contributed by atoms with Crippen molar-refractivity contribution >= 4 is 17.2 Å². The fourth-order valence-corrected chi connectivity index (χ4v) is 5.03. The number of rotatable bonds is 4. The molecule has 2 aromatic heterocycles. The van der Waals surface area contributed by atoms with Gasteiger partial charge in [-0.3, -0.25) is 19.7 Å². The lowest BCUT2D eigenvalue weighted by Gasteiger charge is -2.48. The minimum Gasteiger partial charge on any atom is -0.336 e. The number of nitrogens with zero attached hydrogens (tertiary/aromatic N) is 5. The molecule has 1 spiro atoms. The number of carbonyl (C=O) groups is 1. The zero-order valence-corrected chi connectivity index (χ0v) is 17.0. The van der Waals surface area contributed by atoms with Gasteiger partial charge in [-0.25, -0.2) is 4.98 Å². The maximum Gasteiger partial charge on any atom is 0.222 e. The van der Waals surface area contributed by atoms with Gasteiger partial charge in [0.05, 0.1) is 34.8 Å². The molecule has 0 saturated carbocycles. The molecule has 0 bridgehead atoms. The van der Waals surface area contributed by atoms with E-state index in [4.69, 9.17) is 0 Å². The number of aromatic nitrogens is 3. The number of carbonyl (C=O) groups excluding carboxylic acids is 1. The Morgan fingerprint density at radius 3 is 2.74 bits per heavy atom. The van der Waals surface area contributed by atoms with Crippen molar-refractivity contribution in [1.29, 1.82) is 0 Å². The lowest BCUT2D eigenvalue weighted by molar-refractivity contribution is -0.140. The van der Waals surface area contributed by atoms with Gasteiger partial charge in [0.1, 0.15) is 0 Å². The number of amides is 1. The molecule has 0 N–H and O–H groups in total. The summed E-state index contributed by atoms with van der Waals surface area (Å²) in [6.07, 6.45) is 7.59. The van der Waals surface area contributed by atoms with Gasteiger partial charge in [-0.15, -0.1) is 11.3 Å². The van der Waals surface area contributed by atoms with Crippen molar-refractivity contribution in [3.05, 3.63) is 39.9 Å². The lowest BCUT2D eigenvalue weighted by Crippen LogP contribution is -2.53. The Morgan fingerprint density at radius 2 is 2.00 bits per heavy atom. The predicted molar refractivity (Wildman–Crippen MR) is 105 cm³/mol. The van der Waals surface area contributed by atoms with E-state index in [2.05, 4.69) is 32.2 Å². The summed E-state index contributed by atoms with van der Waals surface area (Å²) in [4.78, 5) is 30.4. The first-order chi connectivity index (χ1) is 13.0. The summed E-state index contributed by atoms with van der Waals surface area (Å²) in [5.74, 6) is 0.246. The van der Waals surface area contributed by atoms with Crippen molar-refractivity contribution in [1.82, 2.24) is 24.8 Å². The van der Waals surface area contributed by atoms with Crippen LogP contribution in [-0.2, 0) is 17.9 Å². The minimum atomic E-state index is 0.204. The number of aryl methyl sites for hydroxylation is 2. The van der Waals surface area contributed by atoms with Gasteiger partial charge in [0.15, 0.2) is 0 Å². The molecule has 1 amide bonds. The maximum absolute atomic E-state index is 12.5. The average Bonchev–Trinajstić information content (AvgIpc) is 3.05. The van der Waals surface area contributed by atoms with E-state index in [1.807, 2.05) is 11.8 Å². The molecule has 4 rings (SSSR count). The molecule has 2 fully saturated rings. The molecule has 0 radical (unpaired) electrons. The second-order valence-electron chi connectivity index (χ2n) is 8.07. The van der Waals surface area contributed by atoms with Gasteiger partial charge >= 0.3 is 0 Å². The Hall–Kier alpha value is -1.86. The zero-order valence-electron chi connectivity index (χ0n) is 16.1. The van der Waals surface area contributed by atoms with Crippen molar-refractivity contribution < 1.29 is 4.79 Å². The van der Waals surface area contributed by atoms with Crippen LogP contribution in [0.15, 0.2) is 17.8 Å². The van der Waals surface area contributed by atoms with Gasteiger partial charge in [-0.05, 0) is 39.7 Å². The number of hydrogen-bond acceptors (Lipinski definition) is 6. The van der Waals surface area contributed by atoms with Crippen molar-refractivity contribution in [2.45, 2.75) is 52.6 Å². The summed E-state index contributed by atoms with van der Waals surface area (Å²) in [6.45, 7) is 8.47. The van der Waals surface area contributed by atoms with Crippen LogP contribution in [-0.4, -0.2) is 50.3 Å². The van der Waals surface area contributed by atoms with Crippen LogP contribution in [0.25, 0.3) is 0 Å². The third-order valence-electron chi connectivity index (χ3n) is 5.73. The van der Waals surface area contributed by atoms with Crippen LogP contribution in [0.2, 0.25) is 0 Å². The Kier molecular flexibility index (Phi) is 5.23. The number of hydrogen-bond donors (Lipinski definition) is 0. The topological polar surface area (TPSA) is 62.2 Å². The summed E-state index contributed by atoms with van der Waals surface area (Å²) in [5, 5.41) is 3.30. The Bertz CT molecular complexity index is 805. The molecule has 0 unspecified atom stereocenters. The van der Waals surface area contributed by atoms with Crippen LogP contribution in [0.1, 0.15) is 47.8 Å². The van der Waals surface area contributed by atoms with Gasteiger partial charge < -0.3 is 4.90 Å². The van der Waals surface area contributed by atoms with Crippen molar-refractivity contribution in [3.63, 3.8) is 0 Å². The van der Waals surface area contributed by atoms with Gasteiger partial charge in [0.2, 0.25) is 5.91 Å². The molecule has 27 heavy (non-hydrogen) atoms. The number of piperidine rings is 2. The first kappa shape index (κ1) is 18.5. The van der Waals surface area contributed by atoms with Gasteiger partial charge in [0.25, 0.3) is 0 Å². The molecule has 2 aromatic rings. The van der Waals surface area contributed by atoms with E-state index in [0.717, 1.165) is 49.0 Å². The molecule has 7 heteroatoms. The monoisotopic (exact) mass is 385 g/mol. The van der Waals surface area contributed by atoms with Crippen molar-refractivity contribution in [2.75, 3.05) is 19.6 Å². The first-order valence-electron chi connectivity index (χ1n) is 9.70. The molecule has 1 atom stereocenters. The highest BCUT2D eigenvalue weighted by Crippen LogP contribution is 2.39. The third kappa shape index (κ3) is 4.35. The zero-order chi connectivity index (χ0) is 18.9. The fourth-order valence-electron chi connectivity index (χ4n) is 4.43. The van der Waals surface area contributed by atoms with E-state index in [9.17, 15) is 4.79 Å². The van der Waals surface area contributed by atoms with E-state index in [1.165, 1.54) is 18.5 Å². The lowest BCUT2D eigenvalue weighted by atomic mass is 9.73. The SMILES string of the molecule is Cc1cnc(CN2C[C@@]3(CCCN(Cc4csc(C)n4)C3)CCC2=O)cn1.